The largest absolute Gasteiger partial charge is 0.303 e. The first-order chi connectivity index (χ1) is 7.38. The predicted molar refractivity (Wildman–Crippen MR) is 69.6 cm³/mol. The van der Waals surface area contributed by atoms with Crippen LogP contribution in [0.15, 0.2) is 0 Å². The van der Waals surface area contributed by atoms with Crippen LogP contribution in [0.3, 0.4) is 0 Å². The van der Waals surface area contributed by atoms with Crippen molar-refractivity contribution < 1.29 is 0 Å². The molecule has 0 aromatic rings. The van der Waals surface area contributed by atoms with Crippen molar-refractivity contribution in [2.75, 3.05) is 25.4 Å². The third-order valence-corrected chi connectivity index (χ3v) is 3.88. The van der Waals surface area contributed by atoms with Crippen molar-refractivity contribution in [2.45, 2.75) is 44.9 Å². The van der Waals surface area contributed by atoms with Crippen LogP contribution >= 0.6 is 12.6 Å². The average Bonchev–Trinajstić information content (AvgIpc) is 3.07. The van der Waals surface area contributed by atoms with E-state index in [1.54, 1.807) is 0 Å². The molecule has 0 N–H and O–H groups in total. The minimum atomic E-state index is 1.06. The van der Waals surface area contributed by atoms with Crippen molar-refractivity contribution in [3.8, 4) is 0 Å². The fourth-order valence-electron chi connectivity index (χ4n) is 2.21. The van der Waals surface area contributed by atoms with Crippen LogP contribution in [0, 0.1) is 11.8 Å². The molecule has 1 nitrogen and oxygen atoms in total. The molecule has 2 fully saturated rings. The van der Waals surface area contributed by atoms with Gasteiger partial charge in [0.25, 0.3) is 0 Å². The van der Waals surface area contributed by atoms with Gasteiger partial charge in [-0.25, -0.2) is 0 Å². The topological polar surface area (TPSA) is 3.24 Å². The van der Waals surface area contributed by atoms with E-state index < -0.39 is 0 Å². The van der Waals surface area contributed by atoms with Gasteiger partial charge in [-0.1, -0.05) is 6.42 Å². The van der Waals surface area contributed by atoms with Crippen molar-refractivity contribution in [3.05, 3.63) is 0 Å². The zero-order valence-electron chi connectivity index (χ0n) is 9.83. The van der Waals surface area contributed by atoms with Crippen LogP contribution in [0.1, 0.15) is 44.9 Å². The molecule has 0 atom stereocenters. The molecule has 0 aromatic carbocycles. The predicted octanol–water partition coefficient (Wildman–Crippen LogP) is 3.21. The summed E-state index contributed by atoms with van der Waals surface area (Å²) < 4.78 is 0. The highest BCUT2D eigenvalue weighted by Crippen LogP contribution is 2.33. The molecule has 0 amide bonds. The summed E-state index contributed by atoms with van der Waals surface area (Å²) in [5.41, 5.74) is 0. The van der Waals surface area contributed by atoms with E-state index in [2.05, 4.69) is 17.5 Å². The fourth-order valence-corrected chi connectivity index (χ4v) is 2.44. The Morgan fingerprint density at radius 2 is 1.47 bits per heavy atom. The standard InChI is InChI=1S/C13H25NS/c15-9-3-1-2-8-14(10-12-4-5-12)11-13-6-7-13/h12-13,15H,1-11H2. The lowest BCUT2D eigenvalue weighted by Crippen LogP contribution is -2.29. The molecular weight excluding hydrogens is 202 g/mol. The highest BCUT2D eigenvalue weighted by atomic mass is 32.1. The van der Waals surface area contributed by atoms with Gasteiger partial charge in [0.1, 0.15) is 0 Å². The van der Waals surface area contributed by atoms with Gasteiger partial charge in [0.2, 0.25) is 0 Å². The average molecular weight is 227 g/mol. The Bertz CT molecular complexity index is 161. The van der Waals surface area contributed by atoms with E-state index in [9.17, 15) is 0 Å². The van der Waals surface area contributed by atoms with E-state index >= 15 is 0 Å². The van der Waals surface area contributed by atoms with Crippen LogP contribution in [0.4, 0.5) is 0 Å². The molecule has 0 bridgehead atoms. The van der Waals surface area contributed by atoms with Gasteiger partial charge in [0.15, 0.2) is 0 Å². The molecule has 0 heterocycles. The first-order valence-electron chi connectivity index (χ1n) is 6.71. The maximum Gasteiger partial charge on any atom is 0.000978 e. The number of thiol groups is 1. The molecule has 0 spiro atoms. The minimum absolute atomic E-state index is 1.06. The molecule has 0 aromatic heterocycles. The summed E-state index contributed by atoms with van der Waals surface area (Å²) in [6.07, 6.45) is 10.0. The molecule has 88 valence electrons. The molecular formula is C13H25NS. The zero-order valence-corrected chi connectivity index (χ0v) is 10.7. The Balaban J connectivity index is 1.57. The van der Waals surface area contributed by atoms with Gasteiger partial charge in [-0.3, -0.25) is 0 Å². The maximum atomic E-state index is 4.26. The molecule has 2 heteroatoms. The molecule has 0 unspecified atom stereocenters. The summed E-state index contributed by atoms with van der Waals surface area (Å²) in [6.45, 7) is 4.15. The van der Waals surface area contributed by atoms with Gasteiger partial charge < -0.3 is 4.90 Å². The third-order valence-electron chi connectivity index (χ3n) is 3.56. The Morgan fingerprint density at radius 3 is 1.93 bits per heavy atom. The van der Waals surface area contributed by atoms with Gasteiger partial charge in [-0.05, 0) is 62.7 Å². The van der Waals surface area contributed by atoms with Gasteiger partial charge in [0, 0.05) is 13.1 Å². The van der Waals surface area contributed by atoms with Crippen molar-refractivity contribution in [1.29, 1.82) is 0 Å². The molecule has 0 radical (unpaired) electrons. The molecule has 2 saturated carbocycles. The van der Waals surface area contributed by atoms with Crippen LogP contribution in [0.5, 0.6) is 0 Å². The summed E-state index contributed by atoms with van der Waals surface area (Å²) in [5, 5.41) is 0. The van der Waals surface area contributed by atoms with E-state index in [4.69, 9.17) is 0 Å². The lowest BCUT2D eigenvalue weighted by atomic mass is 10.2. The van der Waals surface area contributed by atoms with Crippen molar-refractivity contribution in [3.63, 3.8) is 0 Å². The fraction of sp³-hybridized carbons (Fsp3) is 1.00. The van der Waals surface area contributed by atoms with E-state index in [0.29, 0.717) is 0 Å². The lowest BCUT2D eigenvalue weighted by molar-refractivity contribution is 0.247. The normalized spacial score (nSPS) is 21.2. The van der Waals surface area contributed by atoms with Crippen LogP contribution < -0.4 is 0 Å². The Kier molecular flexibility index (Phi) is 4.83. The Labute approximate surface area is 100 Å². The summed E-state index contributed by atoms with van der Waals surface area (Å²) in [4.78, 5) is 2.74. The lowest BCUT2D eigenvalue weighted by Gasteiger charge is -2.21. The van der Waals surface area contributed by atoms with E-state index in [1.807, 2.05) is 0 Å². The van der Waals surface area contributed by atoms with Gasteiger partial charge in [0.05, 0.1) is 0 Å². The van der Waals surface area contributed by atoms with Crippen LogP contribution in [0.2, 0.25) is 0 Å². The van der Waals surface area contributed by atoms with E-state index in [1.165, 1.54) is 64.6 Å². The summed E-state index contributed by atoms with van der Waals surface area (Å²) in [5.74, 6) is 3.19. The van der Waals surface area contributed by atoms with Gasteiger partial charge in [-0.15, -0.1) is 0 Å². The molecule has 2 rings (SSSR count). The van der Waals surface area contributed by atoms with Crippen molar-refractivity contribution >= 4 is 12.6 Å². The zero-order chi connectivity index (χ0) is 10.5. The third kappa shape index (κ3) is 5.26. The molecule has 0 aliphatic heterocycles. The van der Waals surface area contributed by atoms with E-state index in [-0.39, 0.29) is 0 Å². The SMILES string of the molecule is SCCCCCN(CC1CC1)CC1CC1. The highest BCUT2D eigenvalue weighted by molar-refractivity contribution is 7.80. The summed E-state index contributed by atoms with van der Waals surface area (Å²) >= 11 is 4.26. The van der Waals surface area contributed by atoms with Crippen molar-refractivity contribution in [2.24, 2.45) is 11.8 Å². The van der Waals surface area contributed by atoms with Crippen LogP contribution in [-0.4, -0.2) is 30.3 Å². The number of hydrogen-bond acceptors (Lipinski definition) is 2. The van der Waals surface area contributed by atoms with Gasteiger partial charge >= 0.3 is 0 Å². The molecule has 2 aliphatic carbocycles. The number of hydrogen-bond donors (Lipinski definition) is 1. The number of unbranched alkanes of at least 4 members (excludes halogenated alkanes) is 2. The van der Waals surface area contributed by atoms with E-state index in [0.717, 1.165) is 17.6 Å². The monoisotopic (exact) mass is 227 g/mol. The van der Waals surface area contributed by atoms with Crippen LogP contribution in [0.25, 0.3) is 0 Å². The number of nitrogens with zero attached hydrogens (tertiary/aromatic N) is 1. The first-order valence-corrected chi connectivity index (χ1v) is 7.35. The quantitative estimate of drug-likeness (QED) is 0.467. The highest BCUT2D eigenvalue weighted by Gasteiger charge is 2.28. The van der Waals surface area contributed by atoms with Crippen molar-refractivity contribution in [1.82, 2.24) is 4.90 Å². The summed E-state index contributed by atoms with van der Waals surface area (Å²) in [7, 11) is 0. The first kappa shape index (κ1) is 11.8. The Morgan fingerprint density at radius 1 is 0.867 bits per heavy atom. The maximum absolute atomic E-state index is 4.26. The second kappa shape index (κ2) is 6.15. The molecule has 15 heavy (non-hydrogen) atoms. The smallest absolute Gasteiger partial charge is 0.000978 e. The Hall–Kier alpha value is 0.310. The number of rotatable bonds is 9. The van der Waals surface area contributed by atoms with Gasteiger partial charge in [-0.2, -0.15) is 12.6 Å². The minimum Gasteiger partial charge on any atom is -0.303 e. The van der Waals surface area contributed by atoms with Crippen LogP contribution in [-0.2, 0) is 0 Å². The second-order valence-corrected chi connectivity index (χ2v) is 5.88. The molecule has 2 aliphatic rings. The summed E-state index contributed by atoms with van der Waals surface area (Å²) in [6, 6.07) is 0. The second-order valence-electron chi connectivity index (χ2n) is 5.43. The molecule has 0 saturated heterocycles.